The highest BCUT2D eigenvalue weighted by Crippen LogP contribution is 2.16. The van der Waals surface area contributed by atoms with Crippen LogP contribution in [0.1, 0.15) is 43.4 Å². The summed E-state index contributed by atoms with van der Waals surface area (Å²) in [7, 11) is 0. The minimum absolute atomic E-state index is 0.0520. The summed E-state index contributed by atoms with van der Waals surface area (Å²) in [5, 5.41) is 6.39. The van der Waals surface area contributed by atoms with Crippen molar-refractivity contribution in [3.8, 4) is 0 Å². The van der Waals surface area contributed by atoms with Gasteiger partial charge >= 0.3 is 0 Å². The zero-order valence-electron chi connectivity index (χ0n) is 11.2. The number of hydrogen-bond acceptors (Lipinski definition) is 2. The normalized spacial score (nSPS) is 22.1. The van der Waals surface area contributed by atoms with E-state index in [0.717, 1.165) is 25.8 Å². The van der Waals surface area contributed by atoms with Crippen LogP contribution in [0, 0.1) is 6.92 Å². The molecule has 0 spiro atoms. The molecule has 2 rings (SSSR count). The average Bonchev–Trinajstić information content (AvgIpc) is 2.56. The molecular weight excluding hydrogens is 224 g/mol. The van der Waals surface area contributed by atoms with Gasteiger partial charge in [0, 0.05) is 12.6 Å². The van der Waals surface area contributed by atoms with Gasteiger partial charge in [-0.15, -0.1) is 0 Å². The fourth-order valence-corrected chi connectivity index (χ4v) is 2.35. The largest absolute Gasteiger partial charge is 0.355 e. The van der Waals surface area contributed by atoms with Gasteiger partial charge in [-0.3, -0.25) is 10.1 Å². The standard InChI is InChI=1S/C15H22N2O/c1-11-6-8-13(9-7-11)12(2)17-14-5-3-4-10-16-15(14)18/h6-9,12,14,17H,3-5,10H2,1-2H3,(H,16,18)/t12-,14?/m1/s1. The summed E-state index contributed by atoms with van der Waals surface area (Å²) in [6.45, 7) is 5.01. The third-order valence-electron chi connectivity index (χ3n) is 3.56. The summed E-state index contributed by atoms with van der Waals surface area (Å²) in [4.78, 5) is 11.9. The van der Waals surface area contributed by atoms with Gasteiger partial charge in [0.2, 0.25) is 5.91 Å². The summed E-state index contributed by atoms with van der Waals surface area (Å²) in [5.74, 6) is 0.145. The molecule has 1 saturated heterocycles. The molecule has 3 heteroatoms. The molecule has 0 radical (unpaired) electrons. The lowest BCUT2D eigenvalue weighted by Gasteiger charge is -2.21. The van der Waals surface area contributed by atoms with Crippen LogP contribution >= 0.6 is 0 Å². The molecule has 0 aliphatic carbocycles. The van der Waals surface area contributed by atoms with Crippen molar-refractivity contribution >= 4 is 5.91 Å². The second kappa shape index (κ2) is 6.01. The maximum Gasteiger partial charge on any atom is 0.237 e. The molecule has 1 aromatic carbocycles. The Hall–Kier alpha value is -1.35. The molecular formula is C15H22N2O. The third kappa shape index (κ3) is 3.33. The Morgan fingerprint density at radius 1 is 1.28 bits per heavy atom. The maximum atomic E-state index is 11.9. The van der Waals surface area contributed by atoms with Crippen molar-refractivity contribution in [2.45, 2.75) is 45.2 Å². The second-order valence-electron chi connectivity index (χ2n) is 5.14. The molecule has 18 heavy (non-hydrogen) atoms. The number of hydrogen-bond donors (Lipinski definition) is 2. The van der Waals surface area contributed by atoms with Crippen LogP contribution in [0.15, 0.2) is 24.3 Å². The molecule has 2 N–H and O–H groups in total. The first-order chi connectivity index (χ1) is 8.66. The third-order valence-corrected chi connectivity index (χ3v) is 3.56. The number of rotatable bonds is 3. The zero-order chi connectivity index (χ0) is 13.0. The van der Waals surface area contributed by atoms with Crippen molar-refractivity contribution in [3.63, 3.8) is 0 Å². The van der Waals surface area contributed by atoms with Crippen LogP contribution < -0.4 is 10.6 Å². The lowest BCUT2D eigenvalue weighted by molar-refractivity contribution is -0.123. The number of amides is 1. The van der Waals surface area contributed by atoms with Gasteiger partial charge < -0.3 is 5.32 Å². The highest BCUT2D eigenvalue weighted by Gasteiger charge is 2.22. The van der Waals surface area contributed by atoms with Crippen LogP contribution in [0.2, 0.25) is 0 Å². The molecule has 2 atom stereocenters. The predicted octanol–water partition coefficient (Wildman–Crippen LogP) is 2.31. The van der Waals surface area contributed by atoms with Gasteiger partial charge in [-0.05, 0) is 38.7 Å². The summed E-state index contributed by atoms with van der Waals surface area (Å²) >= 11 is 0. The van der Waals surface area contributed by atoms with Gasteiger partial charge in [0.25, 0.3) is 0 Å². The molecule has 1 aliphatic rings. The number of aryl methyl sites for hydroxylation is 1. The van der Waals surface area contributed by atoms with Gasteiger partial charge in [-0.25, -0.2) is 0 Å². The van der Waals surface area contributed by atoms with Crippen molar-refractivity contribution < 1.29 is 4.79 Å². The molecule has 1 fully saturated rings. The number of nitrogens with one attached hydrogen (secondary N) is 2. The summed E-state index contributed by atoms with van der Waals surface area (Å²) in [6.07, 6.45) is 3.13. The van der Waals surface area contributed by atoms with Gasteiger partial charge in [0.1, 0.15) is 0 Å². The van der Waals surface area contributed by atoms with E-state index in [-0.39, 0.29) is 18.0 Å². The van der Waals surface area contributed by atoms with E-state index in [9.17, 15) is 4.79 Å². The zero-order valence-corrected chi connectivity index (χ0v) is 11.2. The molecule has 0 saturated carbocycles. The van der Waals surface area contributed by atoms with E-state index in [2.05, 4.69) is 48.7 Å². The van der Waals surface area contributed by atoms with Crippen LogP contribution in [0.3, 0.4) is 0 Å². The van der Waals surface area contributed by atoms with Crippen molar-refractivity contribution in [1.82, 2.24) is 10.6 Å². The molecule has 0 bridgehead atoms. The fraction of sp³-hybridized carbons (Fsp3) is 0.533. The fourth-order valence-electron chi connectivity index (χ4n) is 2.35. The molecule has 1 aliphatic heterocycles. The predicted molar refractivity (Wildman–Crippen MR) is 73.4 cm³/mol. The summed E-state index contributed by atoms with van der Waals surface area (Å²) < 4.78 is 0. The van der Waals surface area contributed by atoms with Crippen LogP contribution in [0.25, 0.3) is 0 Å². The van der Waals surface area contributed by atoms with Gasteiger partial charge in [0.15, 0.2) is 0 Å². The summed E-state index contributed by atoms with van der Waals surface area (Å²) in [6, 6.07) is 8.63. The van der Waals surface area contributed by atoms with Crippen molar-refractivity contribution in [2.24, 2.45) is 0 Å². The van der Waals surface area contributed by atoms with Crippen LogP contribution in [-0.2, 0) is 4.79 Å². The lowest BCUT2D eigenvalue weighted by atomic mass is 10.0. The van der Waals surface area contributed by atoms with E-state index in [1.807, 2.05) is 0 Å². The van der Waals surface area contributed by atoms with Gasteiger partial charge in [-0.2, -0.15) is 0 Å². The van der Waals surface area contributed by atoms with E-state index in [1.54, 1.807) is 0 Å². The smallest absolute Gasteiger partial charge is 0.237 e. The average molecular weight is 246 g/mol. The van der Waals surface area contributed by atoms with Crippen molar-refractivity contribution in [3.05, 3.63) is 35.4 Å². The Labute approximate surface area is 109 Å². The topological polar surface area (TPSA) is 41.1 Å². The van der Waals surface area contributed by atoms with E-state index < -0.39 is 0 Å². The molecule has 3 nitrogen and oxygen atoms in total. The number of carbonyl (C=O) groups excluding carboxylic acids is 1. The first-order valence-corrected chi connectivity index (χ1v) is 6.77. The van der Waals surface area contributed by atoms with Crippen molar-refractivity contribution in [2.75, 3.05) is 6.54 Å². The monoisotopic (exact) mass is 246 g/mol. The lowest BCUT2D eigenvalue weighted by Crippen LogP contribution is -2.43. The van der Waals surface area contributed by atoms with E-state index in [4.69, 9.17) is 0 Å². The van der Waals surface area contributed by atoms with Gasteiger partial charge in [0.05, 0.1) is 6.04 Å². The van der Waals surface area contributed by atoms with Crippen LogP contribution in [-0.4, -0.2) is 18.5 Å². The first-order valence-electron chi connectivity index (χ1n) is 6.77. The first kappa shape index (κ1) is 13.1. The molecule has 1 amide bonds. The van der Waals surface area contributed by atoms with Crippen LogP contribution in [0.4, 0.5) is 0 Å². The summed E-state index contributed by atoms with van der Waals surface area (Å²) in [5.41, 5.74) is 2.50. The van der Waals surface area contributed by atoms with Crippen molar-refractivity contribution in [1.29, 1.82) is 0 Å². The Kier molecular flexibility index (Phi) is 4.37. The Balaban J connectivity index is 1.99. The van der Waals surface area contributed by atoms with Gasteiger partial charge in [-0.1, -0.05) is 29.8 Å². The Morgan fingerprint density at radius 3 is 2.72 bits per heavy atom. The van der Waals surface area contributed by atoms with E-state index >= 15 is 0 Å². The minimum atomic E-state index is -0.0520. The molecule has 98 valence electrons. The molecule has 1 aromatic rings. The quantitative estimate of drug-likeness (QED) is 0.859. The van der Waals surface area contributed by atoms with Crippen LogP contribution in [0.5, 0.6) is 0 Å². The highest BCUT2D eigenvalue weighted by molar-refractivity contribution is 5.81. The molecule has 1 heterocycles. The Bertz CT molecular complexity index is 399. The van der Waals surface area contributed by atoms with E-state index in [1.165, 1.54) is 11.1 Å². The highest BCUT2D eigenvalue weighted by atomic mass is 16.2. The molecule has 0 aromatic heterocycles. The Morgan fingerprint density at radius 2 is 2.00 bits per heavy atom. The van der Waals surface area contributed by atoms with E-state index in [0.29, 0.717) is 0 Å². The second-order valence-corrected chi connectivity index (χ2v) is 5.14. The number of carbonyl (C=O) groups is 1. The number of benzene rings is 1. The maximum absolute atomic E-state index is 11.9. The molecule has 1 unspecified atom stereocenters. The minimum Gasteiger partial charge on any atom is -0.355 e. The SMILES string of the molecule is Cc1ccc([C@@H](C)NC2CCCCNC2=O)cc1.